The molecule has 1 saturated heterocycles. The maximum atomic E-state index is 12.2. The molecule has 1 atom stereocenters. The smallest absolute Gasteiger partial charge is 0.255 e. The summed E-state index contributed by atoms with van der Waals surface area (Å²) in [5.74, 6) is 0.769. The van der Waals surface area contributed by atoms with Crippen LogP contribution in [0, 0.1) is 6.92 Å². The van der Waals surface area contributed by atoms with Crippen molar-refractivity contribution in [2.75, 3.05) is 25.0 Å². The van der Waals surface area contributed by atoms with Gasteiger partial charge in [0.05, 0.1) is 18.2 Å². The van der Waals surface area contributed by atoms with Gasteiger partial charge in [-0.15, -0.1) is 24.4 Å². The summed E-state index contributed by atoms with van der Waals surface area (Å²) in [6.07, 6.45) is 0.452. The summed E-state index contributed by atoms with van der Waals surface area (Å²) in [5, 5.41) is 3.61. The van der Waals surface area contributed by atoms with E-state index in [-0.39, 0.29) is 10.6 Å². The maximum Gasteiger partial charge on any atom is 0.255 e. The van der Waals surface area contributed by atoms with E-state index in [1.54, 1.807) is 16.9 Å². The molecular formula is C14H22N4OS2. The van der Waals surface area contributed by atoms with Crippen molar-refractivity contribution >= 4 is 36.0 Å². The average Bonchev–Trinajstić information content (AvgIpc) is 2.49. The zero-order valence-corrected chi connectivity index (χ0v) is 14.3. The predicted molar refractivity (Wildman–Crippen MR) is 91.6 cm³/mol. The monoisotopic (exact) mass is 326 g/mol. The van der Waals surface area contributed by atoms with Gasteiger partial charge >= 0.3 is 0 Å². The Kier molecular flexibility index (Phi) is 5.80. The number of carbonyl (C=O) groups excluding carboxylic acids is 1. The highest BCUT2D eigenvalue weighted by Crippen LogP contribution is 2.26. The van der Waals surface area contributed by atoms with E-state index in [2.05, 4.69) is 23.0 Å². The standard InChI is InChI=1S/C14H22N4OS2/c1-4-13(19)18(15-12-7-5-11(2)6-8-12)17-9-16(3)14(20)21-10-17/h5-8,14-15,20H,4,9-10H2,1-3H3. The molecule has 1 aromatic rings. The highest BCUT2D eigenvalue weighted by molar-refractivity contribution is 8.10. The quantitative estimate of drug-likeness (QED) is 0.657. The number of hydrogen-bond donors (Lipinski definition) is 2. The summed E-state index contributed by atoms with van der Waals surface area (Å²) in [6.45, 7) is 4.57. The van der Waals surface area contributed by atoms with Gasteiger partial charge in [0.1, 0.15) is 4.71 Å². The molecule has 0 aromatic heterocycles. The van der Waals surface area contributed by atoms with Gasteiger partial charge < -0.3 is 0 Å². The lowest BCUT2D eigenvalue weighted by Crippen LogP contribution is -2.56. The van der Waals surface area contributed by atoms with Crippen molar-refractivity contribution in [3.63, 3.8) is 0 Å². The molecule has 0 aliphatic carbocycles. The zero-order chi connectivity index (χ0) is 15.4. The number of amides is 1. The highest BCUT2D eigenvalue weighted by atomic mass is 32.2. The first-order valence-corrected chi connectivity index (χ1v) is 8.49. The van der Waals surface area contributed by atoms with Crippen LogP contribution in [0.3, 0.4) is 0 Å². The summed E-state index contributed by atoms with van der Waals surface area (Å²) in [7, 11) is 2.00. The first-order valence-electron chi connectivity index (χ1n) is 6.92. The molecule has 2 rings (SSSR count). The van der Waals surface area contributed by atoms with Crippen molar-refractivity contribution in [2.24, 2.45) is 0 Å². The summed E-state index contributed by atoms with van der Waals surface area (Å²) in [4.78, 5) is 14.3. The number of anilines is 1. The summed E-state index contributed by atoms with van der Waals surface area (Å²) in [6, 6.07) is 8.01. The van der Waals surface area contributed by atoms with Gasteiger partial charge in [-0.1, -0.05) is 24.6 Å². The number of carbonyl (C=O) groups is 1. The van der Waals surface area contributed by atoms with Crippen LogP contribution >= 0.6 is 24.4 Å². The van der Waals surface area contributed by atoms with Crippen molar-refractivity contribution in [1.29, 1.82) is 0 Å². The van der Waals surface area contributed by atoms with E-state index >= 15 is 0 Å². The lowest BCUT2D eigenvalue weighted by Gasteiger charge is -2.42. The minimum atomic E-state index is 0.0437. The average molecular weight is 326 g/mol. The normalized spacial score (nSPS) is 20.3. The Bertz CT molecular complexity index is 482. The Labute approximate surface area is 136 Å². The number of thioether (sulfide) groups is 1. The van der Waals surface area contributed by atoms with Crippen LogP contribution in [0.4, 0.5) is 5.69 Å². The molecular weight excluding hydrogens is 304 g/mol. The van der Waals surface area contributed by atoms with Crippen LogP contribution in [0.15, 0.2) is 24.3 Å². The molecule has 1 unspecified atom stereocenters. The second-order valence-corrected chi connectivity index (χ2v) is 6.94. The summed E-state index contributed by atoms with van der Waals surface area (Å²) >= 11 is 6.17. The van der Waals surface area contributed by atoms with Crippen LogP contribution in [0.1, 0.15) is 18.9 Å². The predicted octanol–water partition coefficient (Wildman–Crippen LogP) is 2.58. The van der Waals surface area contributed by atoms with E-state index in [4.69, 9.17) is 0 Å². The van der Waals surface area contributed by atoms with E-state index in [9.17, 15) is 4.79 Å². The molecule has 1 amide bonds. The van der Waals surface area contributed by atoms with Crippen LogP contribution < -0.4 is 5.43 Å². The van der Waals surface area contributed by atoms with Crippen molar-refractivity contribution in [3.8, 4) is 0 Å². The van der Waals surface area contributed by atoms with E-state index in [1.165, 1.54) is 5.56 Å². The Hall–Kier alpha value is -0.890. The van der Waals surface area contributed by atoms with E-state index in [0.29, 0.717) is 13.1 Å². The minimum absolute atomic E-state index is 0.0437. The number of hydrogen-bond acceptors (Lipinski definition) is 6. The summed E-state index contributed by atoms with van der Waals surface area (Å²) < 4.78 is 0.166. The number of benzene rings is 1. The molecule has 116 valence electrons. The molecule has 0 saturated carbocycles. The first kappa shape index (κ1) is 16.5. The van der Waals surface area contributed by atoms with Crippen molar-refractivity contribution in [1.82, 2.24) is 15.0 Å². The minimum Gasteiger partial charge on any atom is -0.281 e. The van der Waals surface area contributed by atoms with Gasteiger partial charge in [0.2, 0.25) is 0 Å². The van der Waals surface area contributed by atoms with Gasteiger partial charge in [0, 0.05) is 6.42 Å². The van der Waals surface area contributed by atoms with E-state index < -0.39 is 0 Å². The van der Waals surface area contributed by atoms with Gasteiger partial charge in [-0.3, -0.25) is 15.1 Å². The third-order valence-corrected chi connectivity index (χ3v) is 5.19. The number of nitrogens with one attached hydrogen (secondary N) is 1. The molecule has 7 heteroatoms. The van der Waals surface area contributed by atoms with Crippen LogP contribution in [-0.2, 0) is 4.79 Å². The molecule has 1 heterocycles. The van der Waals surface area contributed by atoms with Gasteiger partial charge in [-0.2, -0.15) is 10.1 Å². The highest BCUT2D eigenvalue weighted by Gasteiger charge is 2.28. The largest absolute Gasteiger partial charge is 0.281 e. The van der Waals surface area contributed by atoms with E-state index in [0.717, 1.165) is 11.6 Å². The lowest BCUT2D eigenvalue weighted by atomic mass is 10.2. The Balaban J connectivity index is 2.11. The number of nitrogens with zero attached hydrogens (tertiary/aromatic N) is 3. The molecule has 0 bridgehead atoms. The fraction of sp³-hybridized carbons (Fsp3) is 0.500. The lowest BCUT2D eigenvalue weighted by molar-refractivity contribution is -0.147. The third-order valence-electron chi connectivity index (χ3n) is 3.24. The summed E-state index contributed by atoms with van der Waals surface area (Å²) in [5.41, 5.74) is 5.31. The van der Waals surface area contributed by atoms with Crippen molar-refractivity contribution < 1.29 is 4.79 Å². The molecule has 1 aromatic carbocycles. The maximum absolute atomic E-state index is 12.2. The zero-order valence-electron chi connectivity index (χ0n) is 12.6. The third kappa shape index (κ3) is 4.29. The fourth-order valence-electron chi connectivity index (χ4n) is 1.96. The molecule has 1 fully saturated rings. The number of thiol groups is 1. The van der Waals surface area contributed by atoms with Crippen LogP contribution in [-0.4, -0.2) is 45.2 Å². The van der Waals surface area contributed by atoms with Gasteiger partial charge in [0.15, 0.2) is 0 Å². The van der Waals surface area contributed by atoms with Crippen LogP contribution in [0.5, 0.6) is 0 Å². The molecule has 1 aliphatic rings. The molecule has 1 aliphatic heterocycles. The van der Waals surface area contributed by atoms with Gasteiger partial charge in [0.25, 0.3) is 5.91 Å². The Morgan fingerprint density at radius 2 is 2.14 bits per heavy atom. The number of hydrazine groups is 2. The SMILES string of the molecule is CCC(=O)N(Nc1ccc(C)cc1)N1CSC(S)N(C)C1. The van der Waals surface area contributed by atoms with Gasteiger partial charge in [-0.25, -0.2) is 0 Å². The number of rotatable bonds is 4. The van der Waals surface area contributed by atoms with Gasteiger partial charge in [-0.05, 0) is 26.1 Å². The molecule has 5 nitrogen and oxygen atoms in total. The number of aryl methyl sites for hydroxylation is 1. The Morgan fingerprint density at radius 3 is 2.71 bits per heavy atom. The Morgan fingerprint density at radius 1 is 1.48 bits per heavy atom. The molecule has 1 N–H and O–H groups in total. The van der Waals surface area contributed by atoms with Crippen molar-refractivity contribution in [2.45, 2.75) is 25.0 Å². The van der Waals surface area contributed by atoms with Crippen LogP contribution in [0.25, 0.3) is 0 Å². The molecule has 0 spiro atoms. The second kappa shape index (κ2) is 7.40. The molecule has 21 heavy (non-hydrogen) atoms. The first-order chi connectivity index (χ1) is 10.0. The van der Waals surface area contributed by atoms with Crippen molar-refractivity contribution in [3.05, 3.63) is 29.8 Å². The van der Waals surface area contributed by atoms with E-state index in [1.807, 2.05) is 50.2 Å². The fourth-order valence-corrected chi connectivity index (χ4v) is 3.06. The topological polar surface area (TPSA) is 38.8 Å². The van der Waals surface area contributed by atoms with Crippen LogP contribution in [0.2, 0.25) is 0 Å². The molecule has 0 radical (unpaired) electrons. The second-order valence-electron chi connectivity index (χ2n) is 5.06.